The molecule has 1 heteroatoms. The van der Waals surface area contributed by atoms with Gasteiger partial charge in [-0.3, -0.25) is 4.79 Å². The fraction of sp³-hybridized carbons (Fsp3) is 0.967. The lowest BCUT2D eigenvalue weighted by Crippen LogP contribution is -2.67. The fourth-order valence-corrected chi connectivity index (χ4v) is 11.0. The van der Waals surface area contributed by atoms with Crippen LogP contribution in [0.3, 0.4) is 0 Å². The van der Waals surface area contributed by atoms with E-state index in [2.05, 4.69) is 55.4 Å². The van der Waals surface area contributed by atoms with Crippen LogP contribution in [0.15, 0.2) is 0 Å². The summed E-state index contributed by atoms with van der Waals surface area (Å²) >= 11 is 0. The van der Waals surface area contributed by atoms with Gasteiger partial charge in [0.25, 0.3) is 0 Å². The first-order chi connectivity index (χ1) is 14.2. The molecule has 0 saturated heterocycles. The summed E-state index contributed by atoms with van der Waals surface area (Å²) in [5.74, 6) is 3.65. The summed E-state index contributed by atoms with van der Waals surface area (Å²) in [7, 11) is 0. The monoisotopic (exact) mass is 426 g/mol. The number of fused-ring (bicyclic) bond motifs is 7. The zero-order valence-electron chi connectivity index (χ0n) is 22.0. The third kappa shape index (κ3) is 2.76. The molecule has 31 heavy (non-hydrogen) atoms. The van der Waals surface area contributed by atoms with Crippen LogP contribution >= 0.6 is 0 Å². The molecule has 5 rings (SSSR count). The van der Waals surface area contributed by atoms with Crippen molar-refractivity contribution in [3.8, 4) is 0 Å². The minimum Gasteiger partial charge on any atom is -0.299 e. The Labute approximate surface area is 192 Å². The summed E-state index contributed by atoms with van der Waals surface area (Å²) in [5, 5.41) is 0. The summed E-state index contributed by atoms with van der Waals surface area (Å²) in [6.45, 7) is 20.5. The summed E-state index contributed by atoms with van der Waals surface area (Å²) in [5.41, 5.74) is 2.36. The van der Waals surface area contributed by atoms with Crippen LogP contribution in [0.1, 0.15) is 126 Å². The van der Waals surface area contributed by atoms with Crippen LogP contribution in [-0.2, 0) is 4.79 Å². The molecule has 5 saturated carbocycles. The first kappa shape index (κ1) is 22.5. The van der Waals surface area contributed by atoms with Crippen molar-refractivity contribution < 1.29 is 4.79 Å². The molecule has 0 N–H and O–H groups in total. The lowest BCUT2D eigenvalue weighted by atomic mass is 9.31. The molecule has 5 aliphatic carbocycles. The molecule has 8 atom stereocenters. The highest BCUT2D eigenvalue weighted by Gasteiger charge is 2.70. The fourth-order valence-electron chi connectivity index (χ4n) is 11.0. The van der Waals surface area contributed by atoms with E-state index in [1.165, 1.54) is 64.2 Å². The van der Waals surface area contributed by atoms with Crippen molar-refractivity contribution in [2.45, 2.75) is 126 Å². The summed E-state index contributed by atoms with van der Waals surface area (Å²) in [4.78, 5) is 12.8. The highest BCUT2D eigenvalue weighted by atomic mass is 16.1. The van der Waals surface area contributed by atoms with Gasteiger partial charge in [0.1, 0.15) is 5.78 Å². The van der Waals surface area contributed by atoms with Crippen molar-refractivity contribution in [1.29, 1.82) is 0 Å². The van der Waals surface area contributed by atoms with Crippen LogP contribution in [0, 0.1) is 56.2 Å². The Balaban J connectivity index is 1.53. The molecular weight excluding hydrogens is 376 g/mol. The molecule has 0 radical (unpaired) electrons. The van der Waals surface area contributed by atoms with Crippen LogP contribution in [0.4, 0.5) is 0 Å². The second kappa shape index (κ2) is 6.41. The van der Waals surface area contributed by atoms with Gasteiger partial charge in [0, 0.05) is 11.8 Å². The maximum Gasteiger partial charge on any atom is 0.138 e. The van der Waals surface area contributed by atoms with Crippen LogP contribution in [0.25, 0.3) is 0 Å². The molecule has 0 unspecified atom stereocenters. The first-order valence-electron chi connectivity index (χ1n) is 13.7. The molecule has 176 valence electrons. The van der Waals surface area contributed by atoms with E-state index in [1.807, 2.05) is 0 Å². The van der Waals surface area contributed by atoms with E-state index >= 15 is 0 Å². The van der Waals surface area contributed by atoms with Gasteiger partial charge in [-0.2, -0.15) is 0 Å². The number of hydrogen-bond donors (Lipinski definition) is 0. The van der Waals surface area contributed by atoms with Gasteiger partial charge in [-0.15, -0.1) is 0 Å². The van der Waals surface area contributed by atoms with Crippen LogP contribution in [0.5, 0.6) is 0 Å². The lowest BCUT2D eigenvalue weighted by Gasteiger charge is -2.74. The summed E-state index contributed by atoms with van der Waals surface area (Å²) < 4.78 is 0. The van der Waals surface area contributed by atoms with Crippen LogP contribution in [0.2, 0.25) is 0 Å². The minimum atomic E-state index is -0.100. The zero-order valence-corrected chi connectivity index (χ0v) is 22.0. The van der Waals surface area contributed by atoms with Crippen LogP contribution < -0.4 is 0 Å². The Kier molecular flexibility index (Phi) is 4.65. The van der Waals surface area contributed by atoms with E-state index in [0.29, 0.717) is 38.8 Å². The quantitative estimate of drug-likeness (QED) is 0.379. The highest BCUT2D eigenvalue weighted by molar-refractivity contribution is 5.85. The second-order valence-corrected chi connectivity index (χ2v) is 15.4. The number of carbonyl (C=O) groups excluding carboxylic acids is 1. The maximum absolute atomic E-state index is 12.8. The van der Waals surface area contributed by atoms with E-state index in [-0.39, 0.29) is 5.41 Å². The largest absolute Gasteiger partial charge is 0.299 e. The molecule has 0 heterocycles. The number of rotatable bonds is 0. The molecule has 5 aliphatic rings. The molecular formula is C30H50O. The van der Waals surface area contributed by atoms with Gasteiger partial charge in [0.2, 0.25) is 0 Å². The SMILES string of the molecule is CC1(C)CC[C@]2(C)CC[C@]3(C)[C@H]4CC[C@H]5[C@@H](CCC(=O)C5(C)C)[C@]4(C)CC[C@@]3(C)[C@H]2C1. The number of ketones is 1. The van der Waals surface area contributed by atoms with E-state index < -0.39 is 0 Å². The predicted octanol–water partition coefficient (Wildman–Crippen LogP) is 8.46. The van der Waals surface area contributed by atoms with Gasteiger partial charge in [-0.25, -0.2) is 0 Å². The van der Waals surface area contributed by atoms with Crippen molar-refractivity contribution in [2.75, 3.05) is 0 Å². The Hall–Kier alpha value is -0.330. The Bertz CT molecular complexity index is 777. The molecule has 5 fully saturated rings. The van der Waals surface area contributed by atoms with Crippen molar-refractivity contribution >= 4 is 5.78 Å². The number of carbonyl (C=O) groups is 1. The van der Waals surface area contributed by atoms with Gasteiger partial charge in [-0.1, -0.05) is 55.4 Å². The van der Waals surface area contributed by atoms with Gasteiger partial charge < -0.3 is 0 Å². The van der Waals surface area contributed by atoms with Crippen molar-refractivity contribution in [3.05, 3.63) is 0 Å². The molecule has 0 aromatic carbocycles. The number of Topliss-reactive ketones (excluding diaryl/α,β-unsaturated/α-hetero) is 1. The van der Waals surface area contributed by atoms with Gasteiger partial charge in [-0.05, 0) is 115 Å². The smallest absolute Gasteiger partial charge is 0.138 e. The molecule has 1 nitrogen and oxygen atoms in total. The standard InChI is InChI=1S/C30H50O/c1-25(2)13-14-27(5)15-17-29(7)22-11-9-20-21(10-12-24(31)26(20,3)4)28(22,6)16-18-30(29,8)23(27)19-25/h20-23H,9-19H2,1-8H3/t20-,21+,22-,23-,27+,28-,29+,30-/m0/s1. The molecule has 0 amide bonds. The number of hydrogen-bond acceptors (Lipinski definition) is 1. The molecule has 0 aliphatic heterocycles. The van der Waals surface area contributed by atoms with Gasteiger partial charge >= 0.3 is 0 Å². The topological polar surface area (TPSA) is 17.1 Å². The van der Waals surface area contributed by atoms with Gasteiger partial charge in [0.15, 0.2) is 0 Å². The van der Waals surface area contributed by atoms with Crippen molar-refractivity contribution in [2.24, 2.45) is 56.2 Å². The predicted molar refractivity (Wildman–Crippen MR) is 130 cm³/mol. The van der Waals surface area contributed by atoms with E-state index in [4.69, 9.17) is 0 Å². The Morgan fingerprint density at radius 3 is 1.97 bits per heavy atom. The third-order valence-electron chi connectivity index (χ3n) is 13.4. The average molecular weight is 427 g/mol. The third-order valence-corrected chi connectivity index (χ3v) is 13.4. The van der Waals surface area contributed by atoms with Crippen molar-refractivity contribution in [1.82, 2.24) is 0 Å². The maximum atomic E-state index is 12.8. The molecule has 0 spiro atoms. The zero-order chi connectivity index (χ0) is 22.7. The summed E-state index contributed by atoms with van der Waals surface area (Å²) in [6, 6.07) is 0. The highest BCUT2D eigenvalue weighted by Crippen LogP contribution is 2.77. The Morgan fingerprint density at radius 1 is 0.645 bits per heavy atom. The molecule has 0 bridgehead atoms. The average Bonchev–Trinajstić information content (AvgIpc) is 2.68. The minimum absolute atomic E-state index is 0.100. The first-order valence-corrected chi connectivity index (χ1v) is 13.7. The van der Waals surface area contributed by atoms with E-state index in [1.54, 1.807) is 0 Å². The summed E-state index contributed by atoms with van der Waals surface area (Å²) in [6.07, 6.45) is 14.7. The van der Waals surface area contributed by atoms with E-state index in [9.17, 15) is 4.79 Å². The van der Waals surface area contributed by atoms with Crippen LogP contribution in [-0.4, -0.2) is 5.78 Å². The van der Waals surface area contributed by atoms with Gasteiger partial charge in [0.05, 0.1) is 0 Å². The lowest BCUT2D eigenvalue weighted by molar-refractivity contribution is -0.249. The second-order valence-electron chi connectivity index (χ2n) is 15.4. The molecule has 0 aromatic heterocycles. The normalized spacial score (nSPS) is 55.4. The van der Waals surface area contributed by atoms with Crippen molar-refractivity contribution in [3.63, 3.8) is 0 Å². The Morgan fingerprint density at radius 2 is 1.26 bits per heavy atom. The van der Waals surface area contributed by atoms with E-state index in [0.717, 1.165) is 24.2 Å². The molecule has 0 aromatic rings.